The summed E-state index contributed by atoms with van der Waals surface area (Å²) in [4.78, 5) is 2.35. The molecule has 0 bridgehead atoms. The Bertz CT molecular complexity index is 495. The lowest BCUT2D eigenvalue weighted by molar-refractivity contribution is 0.866. The van der Waals surface area contributed by atoms with Crippen LogP contribution in [0.3, 0.4) is 0 Å². The van der Waals surface area contributed by atoms with Gasteiger partial charge in [0.05, 0.1) is 5.52 Å². The summed E-state index contributed by atoms with van der Waals surface area (Å²) < 4.78 is 1.69. The number of aryl methyl sites for hydroxylation is 1. The molecule has 1 heterocycles. The van der Waals surface area contributed by atoms with E-state index in [1.54, 1.807) is 4.68 Å². The van der Waals surface area contributed by atoms with Gasteiger partial charge in [-0.2, -0.15) is 0 Å². The van der Waals surface area contributed by atoms with E-state index in [1.807, 2.05) is 6.20 Å². The predicted molar refractivity (Wildman–Crippen MR) is 70.4 cm³/mol. The van der Waals surface area contributed by atoms with E-state index in [4.69, 9.17) is 5.84 Å². The minimum atomic E-state index is 1.03. The molecule has 0 fully saturated rings. The first-order valence-electron chi connectivity index (χ1n) is 5.79. The minimum Gasteiger partial charge on any atom is -0.372 e. The minimum absolute atomic E-state index is 1.03. The van der Waals surface area contributed by atoms with E-state index in [1.165, 1.54) is 16.6 Å². The number of rotatable bonds is 3. The van der Waals surface area contributed by atoms with Crippen molar-refractivity contribution < 1.29 is 0 Å². The number of nitrogens with two attached hydrogens (primary N) is 1. The Hall–Kier alpha value is -1.64. The molecule has 0 radical (unpaired) electrons. The fraction of sp³-hybridized carbons (Fsp3) is 0.385. The second-order valence-corrected chi connectivity index (χ2v) is 4.10. The molecule has 86 valence electrons. The van der Waals surface area contributed by atoms with Gasteiger partial charge in [0.15, 0.2) is 0 Å². The number of hydrogen-bond donors (Lipinski definition) is 1. The number of fused-ring (bicyclic) bond motifs is 1. The van der Waals surface area contributed by atoms with Gasteiger partial charge in [0.25, 0.3) is 0 Å². The van der Waals surface area contributed by atoms with Crippen molar-refractivity contribution in [1.29, 1.82) is 0 Å². The third kappa shape index (κ3) is 1.62. The fourth-order valence-corrected chi connectivity index (χ4v) is 2.27. The van der Waals surface area contributed by atoms with Gasteiger partial charge in [-0.1, -0.05) is 0 Å². The van der Waals surface area contributed by atoms with Crippen LogP contribution in [-0.2, 0) is 0 Å². The lowest BCUT2D eigenvalue weighted by atomic mass is 10.1. The monoisotopic (exact) mass is 217 g/mol. The van der Waals surface area contributed by atoms with E-state index >= 15 is 0 Å². The number of nitrogens with zero attached hydrogens (tertiary/aromatic N) is 2. The van der Waals surface area contributed by atoms with Gasteiger partial charge >= 0.3 is 0 Å². The van der Waals surface area contributed by atoms with Crippen LogP contribution in [0.25, 0.3) is 10.9 Å². The summed E-state index contributed by atoms with van der Waals surface area (Å²) in [6, 6.07) is 6.48. The van der Waals surface area contributed by atoms with Crippen molar-refractivity contribution in [2.75, 3.05) is 23.8 Å². The smallest absolute Gasteiger partial charge is 0.0720 e. The molecule has 1 aromatic carbocycles. The van der Waals surface area contributed by atoms with Crippen molar-refractivity contribution >= 4 is 16.6 Å². The first-order chi connectivity index (χ1) is 7.67. The van der Waals surface area contributed by atoms with Crippen molar-refractivity contribution in [3.05, 3.63) is 30.0 Å². The maximum atomic E-state index is 5.87. The summed E-state index contributed by atoms with van der Waals surface area (Å²) in [6.07, 6.45) is 1.91. The first-order valence-corrected chi connectivity index (χ1v) is 5.79. The first kappa shape index (κ1) is 10.9. The van der Waals surface area contributed by atoms with Crippen LogP contribution in [0.2, 0.25) is 0 Å². The highest BCUT2D eigenvalue weighted by Gasteiger charge is 2.07. The number of benzene rings is 1. The highest BCUT2D eigenvalue weighted by molar-refractivity contribution is 5.87. The van der Waals surface area contributed by atoms with Crippen molar-refractivity contribution in [3.63, 3.8) is 0 Å². The Kier molecular flexibility index (Phi) is 2.77. The average Bonchev–Trinajstić information content (AvgIpc) is 2.62. The standard InChI is InChI=1S/C13H19N3/c1-4-15(5-2)12-8-10(3)13-11(9-12)6-7-16(13)14/h6-9H,4-5,14H2,1-3H3. The molecule has 0 aliphatic rings. The van der Waals surface area contributed by atoms with E-state index in [9.17, 15) is 0 Å². The van der Waals surface area contributed by atoms with Crippen molar-refractivity contribution in [3.8, 4) is 0 Å². The lowest BCUT2D eigenvalue weighted by Crippen LogP contribution is -2.21. The Morgan fingerprint density at radius 2 is 1.94 bits per heavy atom. The van der Waals surface area contributed by atoms with Gasteiger partial charge in [0.1, 0.15) is 0 Å². The fourth-order valence-electron chi connectivity index (χ4n) is 2.27. The normalized spacial score (nSPS) is 10.9. The third-order valence-electron chi connectivity index (χ3n) is 3.12. The van der Waals surface area contributed by atoms with E-state index in [0.29, 0.717) is 0 Å². The zero-order valence-corrected chi connectivity index (χ0v) is 10.2. The molecule has 3 nitrogen and oxygen atoms in total. The Labute approximate surface area is 96.4 Å². The molecule has 0 aliphatic carbocycles. The summed E-state index contributed by atoms with van der Waals surface area (Å²) in [6.45, 7) is 8.53. The van der Waals surface area contributed by atoms with E-state index in [0.717, 1.165) is 18.6 Å². The molecule has 0 aliphatic heterocycles. The second-order valence-electron chi connectivity index (χ2n) is 4.10. The molecule has 0 saturated heterocycles. The Morgan fingerprint density at radius 3 is 2.56 bits per heavy atom. The number of anilines is 1. The van der Waals surface area contributed by atoms with Gasteiger partial charge in [-0.25, -0.2) is 0 Å². The molecule has 0 spiro atoms. The third-order valence-corrected chi connectivity index (χ3v) is 3.12. The van der Waals surface area contributed by atoms with Gasteiger partial charge in [0, 0.05) is 30.4 Å². The summed E-state index contributed by atoms with van der Waals surface area (Å²) in [5.74, 6) is 5.87. The van der Waals surface area contributed by atoms with Crippen LogP contribution in [0.15, 0.2) is 24.4 Å². The highest BCUT2D eigenvalue weighted by atomic mass is 15.3. The van der Waals surface area contributed by atoms with E-state index in [2.05, 4.69) is 43.9 Å². The summed E-state index contributed by atoms with van der Waals surface area (Å²) in [7, 11) is 0. The number of aromatic nitrogens is 1. The topological polar surface area (TPSA) is 34.2 Å². The van der Waals surface area contributed by atoms with Gasteiger partial charge < -0.3 is 10.7 Å². The van der Waals surface area contributed by atoms with Gasteiger partial charge in [-0.3, -0.25) is 4.68 Å². The van der Waals surface area contributed by atoms with Crippen molar-refractivity contribution in [1.82, 2.24) is 4.68 Å². The summed E-state index contributed by atoms with van der Waals surface area (Å²) >= 11 is 0. The molecule has 2 N–H and O–H groups in total. The lowest BCUT2D eigenvalue weighted by Gasteiger charge is -2.21. The van der Waals surface area contributed by atoms with Crippen molar-refractivity contribution in [2.45, 2.75) is 20.8 Å². The molecule has 0 atom stereocenters. The summed E-state index contributed by atoms with van der Waals surface area (Å²) in [5.41, 5.74) is 3.63. The van der Waals surface area contributed by atoms with Crippen LogP contribution in [-0.4, -0.2) is 17.8 Å². The highest BCUT2D eigenvalue weighted by Crippen LogP contribution is 2.25. The quantitative estimate of drug-likeness (QED) is 0.802. The molecule has 2 aromatic rings. The van der Waals surface area contributed by atoms with E-state index < -0.39 is 0 Å². The zero-order chi connectivity index (χ0) is 11.7. The Morgan fingerprint density at radius 1 is 1.25 bits per heavy atom. The molecule has 3 heteroatoms. The maximum Gasteiger partial charge on any atom is 0.0720 e. The maximum absolute atomic E-state index is 5.87. The van der Waals surface area contributed by atoms with Crippen LogP contribution < -0.4 is 10.7 Å². The average molecular weight is 217 g/mol. The van der Waals surface area contributed by atoms with Gasteiger partial charge in [-0.15, -0.1) is 0 Å². The zero-order valence-electron chi connectivity index (χ0n) is 10.2. The van der Waals surface area contributed by atoms with Crippen LogP contribution in [0.5, 0.6) is 0 Å². The van der Waals surface area contributed by atoms with Crippen LogP contribution in [0, 0.1) is 6.92 Å². The molecular formula is C13H19N3. The second kappa shape index (κ2) is 4.08. The van der Waals surface area contributed by atoms with Gasteiger partial charge in [-0.05, 0) is 44.5 Å². The molecule has 2 rings (SSSR count). The largest absolute Gasteiger partial charge is 0.372 e. The number of nitrogen functional groups attached to an aromatic ring is 1. The van der Waals surface area contributed by atoms with Crippen molar-refractivity contribution in [2.24, 2.45) is 0 Å². The molecule has 0 unspecified atom stereocenters. The van der Waals surface area contributed by atoms with Crippen LogP contribution >= 0.6 is 0 Å². The molecule has 0 amide bonds. The summed E-state index contributed by atoms with van der Waals surface area (Å²) in [5, 5.41) is 1.21. The molecule has 1 aromatic heterocycles. The molecule has 0 saturated carbocycles. The number of hydrogen-bond acceptors (Lipinski definition) is 2. The molecule has 16 heavy (non-hydrogen) atoms. The van der Waals surface area contributed by atoms with E-state index in [-0.39, 0.29) is 0 Å². The molecular weight excluding hydrogens is 198 g/mol. The van der Waals surface area contributed by atoms with Gasteiger partial charge in [0.2, 0.25) is 0 Å². The predicted octanol–water partition coefficient (Wildman–Crippen LogP) is 2.51. The SMILES string of the molecule is CCN(CC)c1cc(C)c2c(ccn2N)c1. The van der Waals surface area contributed by atoms with Crippen LogP contribution in [0.1, 0.15) is 19.4 Å². The Balaban J connectivity index is 2.58. The van der Waals surface area contributed by atoms with Crippen LogP contribution in [0.4, 0.5) is 5.69 Å².